The zero-order chi connectivity index (χ0) is 20.0. The number of aliphatic hydroxyl groups is 1. The average Bonchev–Trinajstić information content (AvgIpc) is 3.19. The molecule has 148 valence electrons. The molecular weight excluding hydrogens is 364 g/mol. The Bertz CT molecular complexity index is 1060. The summed E-state index contributed by atoms with van der Waals surface area (Å²) in [5.41, 5.74) is 2.79. The second-order valence-electron chi connectivity index (χ2n) is 8.19. The third-order valence-corrected chi connectivity index (χ3v) is 5.94. The summed E-state index contributed by atoms with van der Waals surface area (Å²) in [5, 5.41) is 13.9. The first-order chi connectivity index (χ1) is 14.1. The molecule has 1 aliphatic heterocycles. The maximum atomic E-state index is 9.78. The Morgan fingerprint density at radius 3 is 2.72 bits per heavy atom. The van der Waals surface area contributed by atoms with Gasteiger partial charge in [-0.05, 0) is 50.1 Å². The zero-order valence-electron chi connectivity index (χ0n) is 16.6. The monoisotopic (exact) mass is 388 g/mol. The van der Waals surface area contributed by atoms with E-state index in [0.717, 1.165) is 34.4 Å². The van der Waals surface area contributed by atoms with Crippen molar-refractivity contribution in [2.45, 2.75) is 19.6 Å². The molecule has 2 aromatic heterocycles. The minimum absolute atomic E-state index is 0.506. The van der Waals surface area contributed by atoms with Gasteiger partial charge < -0.3 is 19.1 Å². The Kier molecular flexibility index (Phi) is 4.50. The van der Waals surface area contributed by atoms with Crippen LogP contribution in [-0.2, 0) is 6.54 Å². The summed E-state index contributed by atoms with van der Waals surface area (Å²) in [6.45, 7) is 4.58. The lowest BCUT2D eigenvalue weighted by atomic mass is 10.1. The topological polar surface area (TPSA) is 67.3 Å². The Morgan fingerprint density at radius 2 is 2.00 bits per heavy atom. The minimum atomic E-state index is -0.624. The highest BCUT2D eigenvalue weighted by Crippen LogP contribution is 2.50. The number of rotatable bonds is 4. The van der Waals surface area contributed by atoms with Crippen LogP contribution in [0.1, 0.15) is 30.1 Å². The molecule has 1 saturated carbocycles. The van der Waals surface area contributed by atoms with E-state index in [0.29, 0.717) is 18.3 Å². The van der Waals surface area contributed by atoms with Gasteiger partial charge in [0.1, 0.15) is 17.6 Å². The number of imidazole rings is 1. The molecule has 6 nitrogen and oxygen atoms in total. The molecule has 1 aromatic carbocycles. The maximum Gasteiger partial charge on any atom is 0.167 e. The van der Waals surface area contributed by atoms with Gasteiger partial charge in [0.05, 0.1) is 6.54 Å². The predicted molar refractivity (Wildman–Crippen MR) is 109 cm³/mol. The smallest absolute Gasteiger partial charge is 0.167 e. The van der Waals surface area contributed by atoms with Crippen molar-refractivity contribution in [1.29, 1.82) is 0 Å². The van der Waals surface area contributed by atoms with Crippen molar-refractivity contribution in [3.05, 3.63) is 59.8 Å². The van der Waals surface area contributed by atoms with Gasteiger partial charge in [-0.2, -0.15) is 0 Å². The first-order valence-corrected chi connectivity index (χ1v) is 10.0. The third kappa shape index (κ3) is 3.59. The standard InChI is InChI=1S/C23H24N4O2/c1-15(28)23-24-9-10-27(23)12-18-11-22(29-25-18)17-6-3-16(4-7-17)5-8-19-20-13-26(2)14-21(19)20/h3-4,6-7,9-11,15,19-21,28H,12-14H2,1-2H3/t15-,19-,20-,21+/m0/s1. The fourth-order valence-corrected chi connectivity index (χ4v) is 4.35. The molecule has 1 N–H and O–H groups in total. The largest absolute Gasteiger partial charge is 0.385 e. The Balaban J connectivity index is 1.25. The Labute approximate surface area is 170 Å². The summed E-state index contributed by atoms with van der Waals surface area (Å²) in [7, 11) is 2.19. The molecule has 0 unspecified atom stereocenters. The summed E-state index contributed by atoms with van der Waals surface area (Å²) in [4.78, 5) is 6.58. The lowest BCUT2D eigenvalue weighted by molar-refractivity contribution is 0.184. The number of hydrogen-bond donors (Lipinski definition) is 1. The lowest BCUT2D eigenvalue weighted by Crippen LogP contribution is -2.18. The number of fused-ring (bicyclic) bond motifs is 1. The molecule has 6 heteroatoms. The van der Waals surface area contributed by atoms with Gasteiger partial charge >= 0.3 is 0 Å². The molecule has 0 spiro atoms. The Hall–Kier alpha value is -2.88. The van der Waals surface area contributed by atoms with Gasteiger partial charge in [0, 0.05) is 48.6 Å². The molecular formula is C23H24N4O2. The summed E-state index contributed by atoms with van der Waals surface area (Å²) >= 11 is 0. The molecule has 0 radical (unpaired) electrons. The number of aliphatic hydroxyl groups excluding tert-OH is 1. The van der Waals surface area contributed by atoms with E-state index in [1.807, 2.05) is 41.1 Å². The van der Waals surface area contributed by atoms with E-state index in [-0.39, 0.29) is 0 Å². The van der Waals surface area contributed by atoms with Crippen LogP contribution in [0.3, 0.4) is 0 Å². The molecule has 1 aliphatic carbocycles. The number of nitrogens with zero attached hydrogens (tertiary/aromatic N) is 4. The number of aromatic nitrogens is 3. The van der Waals surface area contributed by atoms with Gasteiger partial charge in [-0.25, -0.2) is 4.98 Å². The first-order valence-electron chi connectivity index (χ1n) is 10.0. The van der Waals surface area contributed by atoms with Crippen molar-refractivity contribution < 1.29 is 9.63 Å². The van der Waals surface area contributed by atoms with Crippen molar-refractivity contribution in [2.75, 3.05) is 20.1 Å². The van der Waals surface area contributed by atoms with Gasteiger partial charge in [0.2, 0.25) is 0 Å². The van der Waals surface area contributed by atoms with Crippen LogP contribution < -0.4 is 0 Å². The van der Waals surface area contributed by atoms with Crippen molar-refractivity contribution in [1.82, 2.24) is 19.6 Å². The molecule has 2 aliphatic rings. The number of hydrogen-bond acceptors (Lipinski definition) is 5. The summed E-state index contributed by atoms with van der Waals surface area (Å²) in [6.07, 6.45) is 2.88. The highest BCUT2D eigenvalue weighted by Gasteiger charge is 2.53. The van der Waals surface area contributed by atoms with Crippen LogP contribution in [0.15, 0.2) is 47.2 Å². The molecule has 0 bridgehead atoms. The van der Waals surface area contributed by atoms with E-state index >= 15 is 0 Å². The van der Waals surface area contributed by atoms with Gasteiger partial charge in [0.15, 0.2) is 5.76 Å². The van der Waals surface area contributed by atoms with Crippen LogP contribution in [0.5, 0.6) is 0 Å². The maximum absolute atomic E-state index is 9.78. The highest BCUT2D eigenvalue weighted by atomic mass is 16.5. The Morgan fingerprint density at radius 1 is 1.24 bits per heavy atom. The predicted octanol–water partition coefficient (Wildman–Crippen LogP) is 2.80. The van der Waals surface area contributed by atoms with E-state index in [2.05, 4.69) is 33.9 Å². The van der Waals surface area contributed by atoms with E-state index in [1.165, 1.54) is 13.1 Å². The third-order valence-electron chi connectivity index (χ3n) is 5.94. The van der Waals surface area contributed by atoms with E-state index in [4.69, 9.17) is 4.52 Å². The normalized spacial score (nSPS) is 24.0. The molecule has 4 atom stereocenters. The fraction of sp³-hybridized carbons (Fsp3) is 0.391. The first kappa shape index (κ1) is 18.2. The quantitative estimate of drug-likeness (QED) is 0.696. The summed E-state index contributed by atoms with van der Waals surface area (Å²) in [5.74, 6) is 10.3. The zero-order valence-corrected chi connectivity index (χ0v) is 16.6. The van der Waals surface area contributed by atoms with Gasteiger partial charge in [0.25, 0.3) is 0 Å². The van der Waals surface area contributed by atoms with Crippen LogP contribution in [-0.4, -0.2) is 44.9 Å². The van der Waals surface area contributed by atoms with Gasteiger partial charge in [-0.1, -0.05) is 17.0 Å². The van der Waals surface area contributed by atoms with Crippen molar-refractivity contribution >= 4 is 0 Å². The van der Waals surface area contributed by atoms with Crippen LogP contribution in [0, 0.1) is 29.6 Å². The van der Waals surface area contributed by atoms with Crippen LogP contribution in [0.2, 0.25) is 0 Å². The van der Waals surface area contributed by atoms with Crippen LogP contribution in [0.4, 0.5) is 0 Å². The molecule has 5 rings (SSSR count). The minimum Gasteiger partial charge on any atom is -0.385 e. The molecule has 29 heavy (non-hydrogen) atoms. The van der Waals surface area contributed by atoms with Gasteiger partial charge in [-0.15, -0.1) is 0 Å². The van der Waals surface area contributed by atoms with Crippen LogP contribution in [0.25, 0.3) is 11.3 Å². The number of likely N-dealkylation sites (tertiary alicyclic amines) is 1. The SMILES string of the molecule is C[C@H](O)c1nccn1Cc1cc(-c2ccc(C#C[C@@H]3[C@H]4CN(C)C[C@@H]34)cc2)on1. The molecule has 0 amide bonds. The summed E-state index contributed by atoms with van der Waals surface area (Å²) in [6, 6.07) is 10.0. The van der Waals surface area contributed by atoms with Gasteiger partial charge in [-0.3, -0.25) is 0 Å². The second kappa shape index (κ2) is 7.18. The number of piperidine rings is 1. The van der Waals surface area contributed by atoms with Crippen LogP contribution >= 0.6 is 0 Å². The van der Waals surface area contributed by atoms with E-state index in [1.54, 1.807) is 13.1 Å². The molecule has 1 saturated heterocycles. The second-order valence-corrected chi connectivity index (χ2v) is 8.19. The van der Waals surface area contributed by atoms with Crippen molar-refractivity contribution in [2.24, 2.45) is 17.8 Å². The summed E-state index contributed by atoms with van der Waals surface area (Å²) < 4.78 is 7.39. The van der Waals surface area contributed by atoms with Crippen molar-refractivity contribution in [3.8, 4) is 23.2 Å². The lowest BCUT2D eigenvalue weighted by Gasteiger charge is -2.09. The molecule has 2 fully saturated rings. The van der Waals surface area contributed by atoms with Crippen molar-refractivity contribution in [3.63, 3.8) is 0 Å². The fourth-order valence-electron chi connectivity index (χ4n) is 4.35. The average molecular weight is 388 g/mol. The van der Waals surface area contributed by atoms with E-state index in [9.17, 15) is 5.11 Å². The molecule has 3 heterocycles. The highest BCUT2D eigenvalue weighted by molar-refractivity contribution is 5.59. The van der Waals surface area contributed by atoms with E-state index < -0.39 is 6.10 Å². The number of benzene rings is 1. The molecule has 3 aromatic rings.